The van der Waals surface area contributed by atoms with Crippen molar-refractivity contribution in [1.82, 2.24) is 4.90 Å². The molecule has 0 aliphatic carbocycles. The molecule has 0 aromatic heterocycles. The average molecular weight is 253 g/mol. The molecule has 0 unspecified atom stereocenters. The monoisotopic (exact) mass is 253 g/mol. The lowest BCUT2D eigenvalue weighted by Crippen LogP contribution is -2.34. The minimum atomic E-state index is -0.502. The highest BCUT2D eigenvalue weighted by atomic mass is 16.5. The molecule has 4 heteroatoms. The first-order valence-electron chi connectivity index (χ1n) is 6.35. The zero-order valence-electron chi connectivity index (χ0n) is 11.7. The lowest BCUT2D eigenvalue weighted by Gasteiger charge is -2.21. The van der Waals surface area contributed by atoms with E-state index in [0.29, 0.717) is 13.0 Å². The number of carbonyl (C=O) groups is 2. The van der Waals surface area contributed by atoms with Crippen molar-refractivity contribution in [1.29, 1.82) is 0 Å². The zero-order valence-corrected chi connectivity index (χ0v) is 11.7. The third-order valence-electron chi connectivity index (χ3n) is 3.11. The largest absolute Gasteiger partial charge is 0.460 e. The second-order valence-electron chi connectivity index (χ2n) is 5.86. The number of hydrogen-bond acceptors (Lipinski definition) is 3. The van der Waals surface area contributed by atoms with Gasteiger partial charge in [0.15, 0.2) is 0 Å². The predicted octanol–water partition coefficient (Wildman–Crippen LogP) is 2.14. The van der Waals surface area contributed by atoms with E-state index in [0.717, 1.165) is 6.42 Å². The number of nitrogens with zero attached hydrogens (tertiary/aromatic N) is 1. The fraction of sp³-hybridized carbons (Fsp3) is 0.714. The van der Waals surface area contributed by atoms with Gasteiger partial charge in [-0.2, -0.15) is 0 Å². The summed E-state index contributed by atoms with van der Waals surface area (Å²) in [6, 6.07) is 0.109. The van der Waals surface area contributed by atoms with E-state index in [1.807, 2.05) is 20.8 Å². The lowest BCUT2D eigenvalue weighted by atomic mass is 9.97. The lowest BCUT2D eigenvalue weighted by molar-refractivity contribution is -0.158. The fourth-order valence-electron chi connectivity index (χ4n) is 2.09. The topological polar surface area (TPSA) is 46.6 Å². The van der Waals surface area contributed by atoms with Crippen LogP contribution in [0.25, 0.3) is 0 Å². The quantitative estimate of drug-likeness (QED) is 0.572. The minimum Gasteiger partial charge on any atom is -0.460 e. The highest BCUT2D eigenvalue weighted by molar-refractivity contribution is 5.76. The molecule has 1 heterocycles. The van der Waals surface area contributed by atoms with Crippen LogP contribution in [0.1, 0.15) is 40.5 Å². The van der Waals surface area contributed by atoms with Crippen molar-refractivity contribution in [2.45, 2.75) is 52.7 Å². The van der Waals surface area contributed by atoms with Gasteiger partial charge < -0.3 is 9.64 Å². The van der Waals surface area contributed by atoms with Crippen molar-refractivity contribution in [3.63, 3.8) is 0 Å². The van der Waals surface area contributed by atoms with Crippen LogP contribution in [-0.4, -0.2) is 35.5 Å². The highest BCUT2D eigenvalue weighted by Gasteiger charge is 2.36. The standard InChI is InChI=1S/C14H23NO3/c1-6-7-11-8-12(9-15(11)10(2)16)18-13(17)14(3,4)5/h6,11-12H,1,7-9H2,2-5H3/t11-,12+/m0/s1. The first-order valence-corrected chi connectivity index (χ1v) is 6.35. The van der Waals surface area contributed by atoms with Crippen molar-refractivity contribution < 1.29 is 14.3 Å². The second-order valence-corrected chi connectivity index (χ2v) is 5.86. The van der Waals surface area contributed by atoms with Gasteiger partial charge in [0, 0.05) is 19.4 Å². The summed E-state index contributed by atoms with van der Waals surface area (Å²) in [5.74, 6) is -0.189. The number of amides is 1. The van der Waals surface area contributed by atoms with E-state index in [9.17, 15) is 9.59 Å². The Hall–Kier alpha value is -1.32. The van der Waals surface area contributed by atoms with E-state index in [1.54, 1.807) is 17.9 Å². The summed E-state index contributed by atoms with van der Waals surface area (Å²) in [5.41, 5.74) is -0.502. The van der Waals surface area contributed by atoms with Gasteiger partial charge in [-0.3, -0.25) is 9.59 Å². The molecule has 0 saturated carbocycles. The number of carbonyl (C=O) groups excluding carboxylic acids is 2. The molecule has 0 bridgehead atoms. The third-order valence-corrected chi connectivity index (χ3v) is 3.11. The molecular formula is C14H23NO3. The Kier molecular flexibility index (Phi) is 4.54. The Morgan fingerprint density at radius 2 is 2.06 bits per heavy atom. The zero-order chi connectivity index (χ0) is 13.9. The number of likely N-dealkylation sites (tertiary alicyclic amines) is 1. The molecule has 1 amide bonds. The molecule has 1 rings (SSSR count). The predicted molar refractivity (Wildman–Crippen MR) is 69.9 cm³/mol. The first kappa shape index (κ1) is 14.7. The Bertz CT molecular complexity index is 343. The Balaban J connectivity index is 2.64. The van der Waals surface area contributed by atoms with E-state index in [4.69, 9.17) is 4.74 Å². The Morgan fingerprint density at radius 3 is 2.50 bits per heavy atom. The highest BCUT2D eigenvalue weighted by Crippen LogP contribution is 2.26. The minimum absolute atomic E-state index is 0.0242. The summed E-state index contributed by atoms with van der Waals surface area (Å²) < 4.78 is 5.47. The van der Waals surface area contributed by atoms with Gasteiger partial charge in [-0.1, -0.05) is 6.08 Å². The molecular weight excluding hydrogens is 230 g/mol. The van der Waals surface area contributed by atoms with Gasteiger partial charge in [0.1, 0.15) is 6.10 Å². The van der Waals surface area contributed by atoms with Crippen LogP contribution in [0.4, 0.5) is 0 Å². The molecule has 1 aliphatic rings. The molecule has 1 fully saturated rings. The van der Waals surface area contributed by atoms with Crippen LogP contribution >= 0.6 is 0 Å². The van der Waals surface area contributed by atoms with Crippen molar-refractivity contribution >= 4 is 11.9 Å². The second kappa shape index (κ2) is 5.55. The fourth-order valence-corrected chi connectivity index (χ4v) is 2.09. The molecule has 1 aliphatic heterocycles. The van der Waals surface area contributed by atoms with E-state index in [2.05, 4.69) is 6.58 Å². The first-order chi connectivity index (χ1) is 8.25. The van der Waals surface area contributed by atoms with Crippen LogP contribution in [0.5, 0.6) is 0 Å². The smallest absolute Gasteiger partial charge is 0.311 e. The summed E-state index contributed by atoms with van der Waals surface area (Å²) in [5, 5.41) is 0. The van der Waals surface area contributed by atoms with Crippen molar-refractivity contribution in [3.8, 4) is 0 Å². The van der Waals surface area contributed by atoms with Gasteiger partial charge in [0.25, 0.3) is 0 Å². The molecule has 0 N–H and O–H groups in total. The normalized spacial score (nSPS) is 23.9. The molecule has 0 spiro atoms. The van der Waals surface area contributed by atoms with E-state index in [-0.39, 0.29) is 24.0 Å². The number of ether oxygens (including phenoxy) is 1. The van der Waals surface area contributed by atoms with Gasteiger partial charge in [-0.25, -0.2) is 0 Å². The number of esters is 1. The maximum atomic E-state index is 11.8. The SMILES string of the molecule is C=CC[C@H]1C[C@@H](OC(=O)C(C)(C)C)CN1C(C)=O. The van der Waals surface area contributed by atoms with Gasteiger partial charge in [-0.15, -0.1) is 6.58 Å². The van der Waals surface area contributed by atoms with Crippen LogP contribution < -0.4 is 0 Å². The molecule has 0 aromatic rings. The summed E-state index contributed by atoms with van der Waals surface area (Å²) >= 11 is 0. The average Bonchev–Trinajstić information content (AvgIpc) is 2.60. The third kappa shape index (κ3) is 3.59. The van der Waals surface area contributed by atoms with Crippen molar-refractivity contribution in [2.75, 3.05) is 6.54 Å². The van der Waals surface area contributed by atoms with Crippen LogP contribution in [0.3, 0.4) is 0 Å². The maximum Gasteiger partial charge on any atom is 0.311 e. The molecule has 102 valence electrons. The molecule has 0 aromatic carbocycles. The van der Waals surface area contributed by atoms with E-state index >= 15 is 0 Å². The Morgan fingerprint density at radius 1 is 1.44 bits per heavy atom. The maximum absolute atomic E-state index is 11.8. The molecule has 0 radical (unpaired) electrons. The molecule has 4 nitrogen and oxygen atoms in total. The molecule has 18 heavy (non-hydrogen) atoms. The van der Waals surface area contributed by atoms with Crippen LogP contribution in [0.2, 0.25) is 0 Å². The van der Waals surface area contributed by atoms with Crippen molar-refractivity contribution in [2.24, 2.45) is 5.41 Å². The van der Waals surface area contributed by atoms with Crippen molar-refractivity contribution in [3.05, 3.63) is 12.7 Å². The summed E-state index contributed by atoms with van der Waals surface area (Å²) in [4.78, 5) is 25.1. The van der Waals surface area contributed by atoms with Gasteiger partial charge in [0.2, 0.25) is 5.91 Å². The van der Waals surface area contributed by atoms with E-state index in [1.165, 1.54) is 0 Å². The summed E-state index contributed by atoms with van der Waals surface area (Å²) in [7, 11) is 0. The number of hydrogen-bond donors (Lipinski definition) is 0. The van der Waals surface area contributed by atoms with E-state index < -0.39 is 5.41 Å². The summed E-state index contributed by atoms with van der Waals surface area (Å²) in [6.07, 6.45) is 3.05. The van der Waals surface area contributed by atoms with Gasteiger partial charge in [-0.05, 0) is 27.2 Å². The van der Waals surface area contributed by atoms with Crippen LogP contribution in [-0.2, 0) is 14.3 Å². The van der Waals surface area contributed by atoms with Gasteiger partial charge in [0.05, 0.1) is 12.0 Å². The Labute approximate surface area is 109 Å². The summed E-state index contributed by atoms with van der Waals surface area (Å²) in [6.45, 7) is 11.2. The molecule has 2 atom stereocenters. The van der Waals surface area contributed by atoms with Gasteiger partial charge >= 0.3 is 5.97 Å². The van der Waals surface area contributed by atoms with Crippen LogP contribution in [0, 0.1) is 5.41 Å². The van der Waals surface area contributed by atoms with Crippen LogP contribution in [0.15, 0.2) is 12.7 Å². The molecule has 1 saturated heterocycles. The number of rotatable bonds is 3.